The summed E-state index contributed by atoms with van der Waals surface area (Å²) in [6, 6.07) is 16.5. The third-order valence-corrected chi connectivity index (χ3v) is 4.94. The average Bonchev–Trinajstić information content (AvgIpc) is 3.30. The molecule has 4 aromatic rings. The molecule has 0 fully saturated rings. The zero-order valence-corrected chi connectivity index (χ0v) is 14.5. The first kappa shape index (κ1) is 15.9. The van der Waals surface area contributed by atoms with Crippen LogP contribution in [-0.2, 0) is 11.3 Å². The summed E-state index contributed by atoms with van der Waals surface area (Å²) in [4.78, 5) is 18.2. The Kier molecular flexibility index (Phi) is 4.26. The number of furan rings is 1. The van der Waals surface area contributed by atoms with E-state index in [2.05, 4.69) is 4.98 Å². The molecule has 6 heteroatoms. The van der Waals surface area contributed by atoms with E-state index < -0.39 is 5.97 Å². The summed E-state index contributed by atoms with van der Waals surface area (Å²) in [7, 11) is 0. The first-order chi connectivity index (χ1) is 12.2. The first-order valence-corrected chi connectivity index (χ1v) is 8.75. The molecule has 0 saturated carbocycles. The molecular formula is C19H12ClNO3S. The smallest absolute Gasteiger partial charge is 0.339 e. The number of carbonyl (C=O) groups is 1. The standard InChI is InChI=1S/C19H12ClNO3S/c20-18-8-7-17(25-18)16-10-14(13-5-1-2-6-15(13)21-16)19(22)24-11-12-4-3-9-23-12/h1-10H,11H2. The summed E-state index contributed by atoms with van der Waals surface area (Å²) in [5.74, 6) is 0.177. The zero-order valence-electron chi connectivity index (χ0n) is 12.9. The number of rotatable bonds is 4. The lowest BCUT2D eigenvalue weighted by Crippen LogP contribution is -2.06. The van der Waals surface area contributed by atoms with Crippen LogP contribution in [-0.4, -0.2) is 11.0 Å². The molecule has 0 aliphatic carbocycles. The predicted octanol–water partition coefficient (Wildman–Crippen LogP) is 5.57. The summed E-state index contributed by atoms with van der Waals surface area (Å²) in [5.41, 5.74) is 1.90. The Bertz CT molecular complexity index is 1040. The van der Waals surface area contributed by atoms with Gasteiger partial charge in [0.2, 0.25) is 0 Å². The van der Waals surface area contributed by atoms with Crippen LogP contribution >= 0.6 is 22.9 Å². The Labute approximate surface area is 152 Å². The number of benzene rings is 1. The monoisotopic (exact) mass is 369 g/mol. The molecule has 0 N–H and O–H groups in total. The fraction of sp³-hybridized carbons (Fsp3) is 0.0526. The van der Waals surface area contributed by atoms with E-state index in [1.165, 1.54) is 11.3 Å². The molecule has 0 radical (unpaired) electrons. The Hall–Kier alpha value is -2.63. The average molecular weight is 370 g/mol. The van der Waals surface area contributed by atoms with Crippen LogP contribution < -0.4 is 0 Å². The van der Waals surface area contributed by atoms with Gasteiger partial charge in [-0.15, -0.1) is 11.3 Å². The Morgan fingerprint density at radius 2 is 2.04 bits per heavy atom. The second-order valence-corrected chi connectivity index (χ2v) is 7.05. The predicted molar refractivity (Wildman–Crippen MR) is 97.9 cm³/mol. The van der Waals surface area contributed by atoms with Gasteiger partial charge in [0, 0.05) is 5.39 Å². The lowest BCUT2D eigenvalue weighted by atomic mass is 10.1. The molecule has 0 aliphatic heterocycles. The summed E-state index contributed by atoms with van der Waals surface area (Å²) in [6.07, 6.45) is 1.55. The molecule has 3 aromatic heterocycles. The van der Waals surface area contributed by atoms with Crippen LogP contribution in [0.5, 0.6) is 0 Å². The number of aromatic nitrogens is 1. The molecule has 0 atom stereocenters. The van der Waals surface area contributed by atoms with Gasteiger partial charge < -0.3 is 9.15 Å². The van der Waals surface area contributed by atoms with Crippen molar-refractivity contribution in [2.75, 3.05) is 0 Å². The molecule has 0 aliphatic rings. The molecule has 4 nitrogen and oxygen atoms in total. The highest BCUT2D eigenvalue weighted by Gasteiger charge is 2.16. The number of nitrogens with zero attached hydrogens (tertiary/aromatic N) is 1. The minimum atomic E-state index is -0.418. The van der Waals surface area contributed by atoms with Crippen LogP contribution in [0.3, 0.4) is 0 Å². The van der Waals surface area contributed by atoms with E-state index in [0.29, 0.717) is 21.4 Å². The van der Waals surface area contributed by atoms with Crippen LogP contribution in [0.15, 0.2) is 65.3 Å². The van der Waals surface area contributed by atoms with Crippen molar-refractivity contribution < 1.29 is 13.9 Å². The molecule has 0 unspecified atom stereocenters. The number of hydrogen-bond donors (Lipinski definition) is 0. The maximum atomic E-state index is 12.6. The van der Waals surface area contributed by atoms with Crippen LogP contribution in [0.4, 0.5) is 0 Å². The number of ether oxygens (including phenoxy) is 1. The van der Waals surface area contributed by atoms with Gasteiger partial charge in [-0.2, -0.15) is 0 Å². The van der Waals surface area contributed by atoms with E-state index in [1.54, 1.807) is 24.5 Å². The molecule has 3 heterocycles. The van der Waals surface area contributed by atoms with Crippen LogP contribution in [0.1, 0.15) is 16.1 Å². The van der Waals surface area contributed by atoms with Crippen molar-refractivity contribution in [1.82, 2.24) is 4.98 Å². The molecule has 1 aromatic carbocycles. The largest absolute Gasteiger partial charge is 0.466 e. The number of esters is 1. The fourth-order valence-corrected chi connectivity index (χ4v) is 3.54. The van der Waals surface area contributed by atoms with Gasteiger partial charge in [0.1, 0.15) is 12.4 Å². The second kappa shape index (κ2) is 6.70. The third-order valence-electron chi connectivity index (χ3n) is 3.69. The van der Waals surface area contributed by atoms with E-state index in [0.717, 1.165) is 15.8 Å². The van der Waals surface area contributed by atoms with Crippen molar-refractivity contribution in [3.63, 3.8) is 0 Å². The van der Waals surface area contributed by atoms with Crippen molar-refractivity contribution in [2.45, 2.75) is 6.61 Å². The number of pyridine rings is 1. The number of para-hydroxylation sites is 1. The first-order valence-electron chi connectivity index (χ1n) is 7.56. The summed E-state index contributed by atoms with van der Waals surface area (Å²) >= 11 is 7.44. The minimum absolute atomic E-state index is 0.0860. The van der Waals surface area contributed by atoms with Crippen LogP contribution in [0, 0.1) is 0 Å². The lowest BCUT2D eigenvalue weighted by molar-refractivity contribution is 0.0448. The Morgan fingerprint density at radius 1 is 1.16 bits per heavy atom. The number of carbonyl (C=O) groups excluding carboxylic acids is 1. The topological polar surface area (TPSA) is 52.3 Å². The minimum Gasteiger partial charge on any atom is -0.466 e. The van der Waals surface area contributed by atoms with Crippen molar-refractivity contribution >= 4 is 39.8 Å². The molecular weight excluding hydrogens is 358 g/mol. The van der Waals surface area contributed by atoms with Crippen molar-refractivity contribution in [1.29, 1.82) is 0 Å². The molecule has 0 saturated heterocycles. The van der Waals surface area contributed by atoms with Crippen molar-refractivity contribution in [2.24, 2.45) is 0 Å². The number of hydrogen-bond acceptors (Lipinski definition) is 5. The van der Waals surface area contributed by atoms with E-state index in [4.69, 9.17) is 20.8 Å². The van der Waals surface area contributed by atoms with Gasteiger partial charge >= 0.3 is 5.97 Å². The van der Waals surface area contributed by atoms with Gasteiger partial charge in [0.05, 0.1) is 32.3 Å². The molecule has 0 amide bonds. The van der Waals surface area contributed by atoms with Crippen molar-refractivity contribution in [3.05, 3.63) is 76.5 Å². The molecule has 124 valence electrons. The van der Waals surface area contributed by atoms with E-state index in [1.807, 2.05) is 36.4 Å². The maximum absolute atomic E-state index is 12.6. The SMILES string of the molecule is O=C(OCc1ccco1)c1cc(-c2ccc(Cl)s2)nc2ccccc12. The Balaban J connectivity index is 1.74. The van der Waals surface area contributed by atoms with Gasteiger partial charge in [-0.25, -0.2) is 9.78 Å². The molecule has 0 spiro atoms. The number of thiophene rings is 1. The number of fused-ring (bicyclic) bond motifs is 1. The Morgan fingerprint density at radius 3 is 2.80 bits per heavy atom. The van der Waals surface area contributed by atoms with Gasteiger partial charge in [0.15, 0.2) is 0 Å². The van der Waals surface area contributed by atoms with E-state index in [9.17, 15) is 4.79 Å². The highest BCUT2D eigenvalue weighted by molar-refractivity contribution is 7.19. The van der Waals surface area contributed by atoms with Crippen molar-refractivity contribution in [3.8, 4) is 10.6 Å². The molecule has 0 bridgehead atoms. The van der Waals surface area contributed by atoms with Crippen LogP contribution in [0.25, 0.3) is 21.5 Å². The van der Waals surface area contributed by atoms with Crippen LogP contribution in [0.2, 0.25) is 4.34 Å². The highest BCUT2D eigenvalue weighted by Crippen LogP contribution is 2.32. The van der Waals surface area contributed by atoms with E-state index >= 15 is 0 Å². The molecule has 4 rings (SSSR count). The summed E-state index contributed by atoms with van der Waals surface area (Å²) < 4.78 is 11.3. The second-order valence-electron chi connectivity index (χ2n) is 5.33. The normalized spacial score (nSPS) is 10.9. The quantitative estimate of drug-likeness (QED) is 0.441. The summed E-state index contributed by atoms with van der Waals surface area (Å²) in [6.45, 7) is 0.0860. The maximum Gasteiger partial charge on any atom is 0.339 e. The summed E-state index contributed by atoms with van der Waals surface area (Å²) in [5, 5.41) is 0.748. The van der Waals surface area contributed by atoms with Gasteiger partial charge in [-0.3, -0.25) is 0 Å². The van der Waals surface area contributed by atoms with Gasteiger partial charge in [0.25, 0.3) is 0 Å². The lowest BCUT2D eigenvalue weighted by Gasteiger charge is -2.08. The molecule has 25 heavy (non-hydrogen) atoms. The van der Waals surface area contributed by atoms with E-state index in [-0.39, 0.29) is 6.61 Å². The van der Waals surface area contributed by atoms with Gasteiger partial charge in [-0.05, 0) is 36.4 Å². The highest BCUT2D eigenvalue weighted by atomic mass is 35.5. The fourth-order valence-electron chi connectivity index (χ4n) is 2.53. The zero-order chi connectivity index (χ0) is 17.2. The number of halogens is 1. The van der Waals surface area contributed by atoms with Gasteiger partial charge in [-0.1, -0.05) is 29.8 Å². The third kappa shape index (κ3) is 3.29.